The number of rotatable bonds is 5. The second-order valence-corrected chi connectivity index (χ2v) is 17.0. The third-order valence-electron chi connectivity index (χ3n) is 9.72. The number of nitrogens with zero attached hydrogens (tertiary/aromatic N) is 3. The van der Waals surface area contributed by atoms with Gasteiger partial charge in [-0.1, -0.05) is 60.7 Å². The van der Waals surface area contributed by atoms with Crippen LogP contribution in [-0.4, -0.2) is 61.2 Å². The number of nitrogens with one attached hydrogen (secondary N) is 1. The van der Waals surface area contributed by atoms with Crippen LogP contribution in [0.3, 0.4) is 0 Å². The summed E-state index contributed by atoms with van der Waals surface area (Å²) in [7, 11) is -4.62. The van der Waals surface area contributed by atoms with Crippen LogP contribution in [0, 0.1) is 0 Å². The molecule has 5 heterocycles. The van der Waals surface area contributed by atoms with Gasteiger partial charge < -0.3 is 24.2 Å². The summed E-state index contributed by atoms with van der Waals surface area (Å²) in [4.78, 5) is 17.9. The van der Waals surface area contributed by atoms with Gasteiger partial charge in [-0.05, 0) is 75.0 Å². The molecule has 0 saturated heterocycles. The number of esters is 1. The normalized spacial score (nSPS) is 16.6. The van der Waals surface area contributed by atoms with E-state index in [1.807, 2.05) is 0 Å². The first-order chi connectivity index (χ1) is 25.6. The van der Waals surface area contributed by atoms with E-state index in [2.05, 4.69) is 107 Å². The second-order valence-electron chi connectivity index (χ2n) is 14.7. The number of hydrogen-bond donors (Lipinski definition) is 1. The van der Waals surface area contributed by atoms with Crippen molar-refractivity contribution in [2.45, 2.75) is 70.0 Å². The molecule has 1 atom stereocenters. The zero-order chi connectivity index (χ0) is 38.6. The fourth-order valence-corrected chi connectivity index (χ4v) is 8.98. The van der Waals surface area contributed by atoms with Crippen molar-refractivity contribution in [2.24, 2.45) is 0 Å². The fourth-order valence-electron chi connectivity index (χ4n) is 7.62. The number of halogens is 3. The van der Waals surface area contributed by atoms with Crippen LogP contribution < -0.4 is 19.5 Å². The molecule has 0 amide bonds. The number of hydrogen-bond acceptors (Lipinski definition) is 9. The Balaban J connectivity index is 0.000000508. The van der Waals surface area contributed by atoms with E-state index < -0.39 is 15.6 Å². The third kappa shape index (κ3) is 7.04. The molecular formula is C39H41F3N4O6S2. The highest BCUT2D eigenvalue weighted by Gasteiger charge is 2.44. The zero-order valence-electron chi connectivity index (χ0n) is 30.3. The van der Waals surface area contributed by atoms with Gasteiger partial charge >= 0.3 is 16.4 Å². The van der Waals surface area contributed by atoms with Gasteiger partial charge in [-0.2, -0.15) is 17.6 Å². The molecule has 1 unspecified atom stereocenters. The molecular weight excluding hydrogens is 742 g/mol. The van der Waals surface area contributed by atoms with Crippen molar-refractivity contribution in [3.63, 3.8) is 0 Å². The van der Waals surface area contributed by atoms with Gasteiger partial charge in [0.05, 0.1) is 24.0 Å². The molecule has 0 spiro atoms. The molecule has 1 N–H and O–H groups in total. The van der Waals surface area contributed by atoms with E-state index in [-0.39, 0.29) is 24.0 Å². The Labute approximate surface area is 315 Å². The first kappa shape index (κ1) is 37.7. The second kappa shape index (κ2) is 14.2. The van der Waals surface area contributed by atoms with Crippen LogP contribution in [0.25, 0.3) is 37.9 Å². The van der Waals surface area contributed by atoms with Crippen LogP contribution in [0.15, 0.2) is 66.7 Å². The lowest BCUT2D eigenvalue weighted by atomic mass is 9.88. The van der Waals surface area contributed by atoms with Crippen LogP contribution in [-0.2, 0) is 32.5 Å². The van der Waals surface area contributed by atoms with E-state index in [1.54, 1.807) is 11.3 Å². The Morgan fingerprint density at radius 1 is 1.02 bits per heavy atom. The number of imidazole rings is 1. The molecule has 3 aliphatic rings. The lowest BCUT2D eigenvalue weighted by Crippen LogP contribution is -2.43. The highest BCUT2D eigenvalue weighted by atomic mass is 32.2. The van der Waals surface area contributed by atoms with Gasteiger partial charge in [0, 0.05) is 35.4 Å². The first-order valence-electron chi connectivity index (χ1n) is 17.7. The van der Waals surface area contributed by atoms with Crippen LogP contribution in [0.2, 0.25) is 0 Å². The number of aromatic nitrogens is 2. The van der Waals surface area contributed by atoms with Crippen LogP contribution in [0.4, 0.5) is 24.7 Å². The van der Waals surface area contributed by atoms with Crippen molar-refractivity contribution < 1.29 is 45.0 Å². The molecule has 0 aliphatic carbocycles. The van der Waals surface area contributed by atoms with E-state index in [0.29, 0.717) is 6.61 Å². The summed E-state index contributed by atoms with van der Waals surface area (Å²) < 4.78 is 75.8. The van der Waals surface area contributed by atoms with Gasteiger partial charge in [-0.3, -0.25) is 4.79 Å². The fraction of sp³-hybridized carbons (Fsp3) is 0.385. The van der Waals surface area contributed by atoms with Gasteiger partial charge in [0.2, 0.25) is 11.5 Å². The number of carbonyl (C=O) groups is 1. The largest absolute Gasteiger partial charge is 0.741 e. The molecule has 2 aromatic heterocycles. The topological polar surface area (TPSA) is 116 Å². The van der Waals surface area contributed by atoms with Gasteiger partial charge in [0.25, 0.3) is 0 Å². The maximum Gasteiger partial charge on any atom is 0.485 e. The SMILES string of the molecule is COC(=O)CC1COc2c(cc3c4c2CCCN4CCC3)-c2c(NC(C)(C)C)n3c(-c4ccccc4)c(-c4ccccc4)sc3[n+]21.O=S(=O)([O-])C(F)(F)F. The average Bonchev–Trinajstić information content (AvgIpc) is 3.60. The summed E-state index contributed by atoms with van der Waals surface area (Å²) in [5.74, 6) is 1.76. The average molecular weight is 783 g/mol. The number of methoxy groups -OCH3 is 1. The summed E-state index contributed by atoms with van der Waals surface area (Å²) in [5.41, 5.74) is 3.89. The van der Waals surface area contributed by atoms with E-state index in [0.717, 1.165) is 77.8 Å². The Kier molecular flexibility index (Phi) is 9.94. The number of thiazole rings is 1. The Morgan fingerprint density at radius 2 is 1.63 bits per heavy atom. The summed E-state index contributed by atoms with van der Waals surface area (Å²) in [6, 6.07) is 23.5. The quantitative estimate of drug-likeness (QED) is 0.0834. The molecule has 8 rings (SSSR count). The zero-order valence-corrected chi connectivity index (χ0v) is 32.0. The molecule has 0 radical (unpaired) electrons. The van der Waals surface area contributed by atoms with Crippen LogP contribution in [0.1, 0.15) is 57.2 Å². The van der Waals surface area contributed by atoms with E-state index >= 15 is 0 Å². The molecule has 0 fully saturated rings. The van der Waals surface area contributed by atoms with Crippen LogP contribution >= 0.6 is 11.3 Å². The first-order valence-corrected chi connectivity index (χ1v) is 20.0. The van der Waals surface area contributed by atoms with E-state index in [1.165, 1.54) is 34.4 Å². The Bertz CT molecular complexity index is 2320. The highest BCUT2D eigenvalue weighted by molar-refractivity contribution is 7.86. The van der Waals surface area contributed by atoms with Crippen molar-refractivity contribution in [1.82, 2.24) is 4.40 Å². The van der Waals surface area contributed by atoms with Gasteiger partial charge in [-0.15, -0.1) is 0 Å². The van der Waals surface area contributed by atoms with Crippen molar-refractivity contribution in [3.05, 3.63) is 77.9 Å². The van der Waals surface area contributed by atoms with Gasteiger partial charge in [0.1, 0.15) is 18.4 Å². The Hall–Kier alpha value is -4.60. The summed E-state index contributed by atoms with van der Waals surface area (Å²) >= 11 is 1.78. The predicted octanol–water partition coefficient (Wildman–Crippen LogP) is 7.75. The van der Waals surface area contributed by atoms with Crippen molar-refractivity contribution in [1.29, 1.82) is 0 Å². The number of fused-ring (bicyclic) bond motifs is 6. The molecule has 54 heavy (non-hydrogen) atoms. The third-order valence-corrected chi connectivity index (χ3v) is 11.5. The summed E-state index contributed by atoms with van der Waals surface area (Å²) in [6.07, 6.45) is 4.57. The van der Waals surface area contributed by atoms with Crippen molar-refractivity contribution in [2.75, 3.05) is 37.0 Å². The molecule has 10 nitrogen and oxygen atoms in total. The number of aryl methyl sites for hydroxylation is 1. The maximum absolute atomic E-state index is 13.0. The summed E-state index contributed by atoms with van der Waals surface area (Å²) in [6.45, 7) is 9.23. The molecule has 0 bridgehead atoms. The van der Waals surface area contributed by atoms with Crippen molar-refractivity contribution >= 4 is 43.9 Å². The molecule has 5 aromatic rings. The monoisotopic (exact) mass is 782 g/mol. The van der Waals surface area contributed by atoms with Crippen molar-refractivity contribution in [3.8, 4) is 38.7 Å². The number of carbonyl (C=O) groups excluding carboxylic acids is 1. The molecule has 286 valence electrons. The van der Waals surface area contributed by atoms with E-state index in [9.17, 15) is 18.0 Å². The molecule has 3 aliphatic heterocycles. The number of anilines is 2. The number of alkyl halides is 3. The van der Waals surface area contributed by atoms with Gasteiger partial charge in [0.15, 0.2) is 15.8 Å². The predicted molar refractivity (Wildman–Crippen MR) is 201 cm³/mol. The standard InChI is InChI=1S/C38H41N4O3S.CHF3O3S/c1-38(2,3)39-36-33-29-21-26-17-11-19-40-20-12-18-28(31(26)40)34(29)45-23-27(22-30(43)44-4)41(33)37-42(36)32(24-13-7-5-8-14-24)35(46-37)25-15-9-6-10-16-25;2-1(3,4)8(5,6)7/h5-10,13-16,21,27,39H,11-12,17-20,22-23H2,1-4H3;(H,5,6,7)/q+1;/p-1. The minimum atomic E-state index is -6.09. The lowest BCUT2D eigenvalue weighted by molar-refractivity contribution is -0.684. The Morgan fingerprint density at radius 3 is 2.22 bits per heavy atom. The molecule has 15 heteroatoms. The maximum atomic E-state index is 13.0. The lowest BCUT2D eigenvalue weighted by Gasteiger charge is -2.38. The van der Waals surface area contributed by atoms with E-state index in [4.69, 9.17) is 22.4 Å². The number of ether oxygens (including phenoxy) is 2. The smallest absolute Gasteiger partial charge is 0.485 e. The highest BCUT2D eigenvalue weighted by Crippen LogP contribution is 2.51. The van der Waals surface area contributed by atoms with Crippen LogP contribution in [0.5, 0.6) is 5.75 Å². The minimum absolute atomic E-state index is 0.219. The number of benzene rings is 3. The summed E-state index contributed by atoms with van der Waals surface area (Å²) in [5, 5.41) is 3.97. The minimum Gasteiger partial charge on any atom is -0.741 e. The van der Waals surface area contributed by atoms with Gasteiger partial charge in [-0.25, -0.2) is 13.0 Å². The molecule has 0 saturated carbocycles. The molecule has 3 aromatic carbocycles.